The lowest BCUT2D eigenvalue weighted by atomic mass is 10.1. The van der Waals surface area contributed by atoms with Crippen LogP contribution in [-0.2, 0) is 11.2 Å². The average molecular weight is 543 g/mol. The Hall–Kier alpha value is -4.89. The number of halogens is 1. The van der Waals surface area contributed by atoms with Crippen LogP contribution >= 0.6 is 11.6 Å². The third-order valence-electron chi connectivity index (χ3n) is 5.87. The molecule has 9 nitrogen and oxygen atoms in total. The quantitative estimate of drug-likeness (QED) is 0.208. The molecule has 0 atom stereocenters. The number of primary amides is 1. The second kappa shape index (κ2) is 10.8. The number of allylic oxidation sites excluding steroid dienone is 1. The van der Waals surface area contributed by atoms with Gasteiger partial charge in [-0.05, 0) is 60.5 Å². The fourth-order valence-electron chi connectivity index (χ4n) is 4.16. The molecular formula is C29H23ClN4O5. The second-order valence-corrected chi connectivity index (χ2v) is 9.00. The number of aromatic nitrogens is 2. The van der Waals surface area contributed by atoms with Gasteiger partial charge in [-0.2, -0.15) is 9.78 Å². The molecule has 3 aromatic carbocycles. The molecule has 0 fully saturated rings. The van der Waals surface area contributed by atoms with Crippen molar-refractivity contribution >= 4 is 45.6 Å². The van der Waals surface area contributed by atoms with Crippen molar-refractivity contribution in [3.05, 3.63) is 99.8 Å². The van der Waals surface area contributed by atoms with Gasteiger partial charge in [0.15, 0.2) is 23.9 Å². The van der Waals surface area contributed by atoms with Gasteiger partial charge in [0.1, 0.15) is 5.58 Å². The molecule has 0 saturated heterocycles. The van der Waals surface area contributed by atoms with Crippen LogP contribution in [0.3, 0.4) is 0 Å². The standard InChI is InChI=1S/C29H23ClN4O5/c1-3-6-18-11-17(12-24(37-2)27(18)38-16-26(31)35)15-32-34-28(33-22-8-5-4-7-21(22)29(34)36)25-14-19-13-20(30)9-10-23(19)39-25/h3-5,7-15H,1,6,16H2,2H3,(H2,31,35). The molecule has 0 radical (unpaired) electrons. The highest BCUT2D eigenvalue weighted by molar-refractivity contribution is 6.31. The van der Waals surface area contributed by atoms with E-state index in [9.17, 15) is 9.59 Å². The van der Waals surface area contributed by atoms with Crippen molar-refractivity contribution in [2.45, 2.75) is 6.42 Å². The maximum Gasteiger partial charge on any atom is 0.282 e. The van der Waals surface area contributed by atoms with Gasteiger partial charge in [-0.15, -0.1) is 6.58 Å². The zero-order chi connectivity index (χ0) is 27.5. The summed E-state index contributed by atoms with van der Waals surface area (Å²) >= 11 is 6.15. The Balaban J connectivity index is 1.65. The first-order valence-corrected chi connectivity index (χ1v) is 12.2. The number of benzene rings is 3. The second-order valence-electron chi connectivity index (χ2n) is 8.57. The van der Waals surface area contributed by atoms with Crippen molar-refractivity contribution in [1.82, 2.24) is 9.66 Å². The van der Waals surface area contributed by atoms with Gasteiger partial charge in [0, 0.05) is 16.0 Å². The fourth-order valence-corrected chi connectivity index (χ4v) is 4.34. The number of carbonyl (C=O) groups is 1. The fraction of sp³-hybridized carbons (Fsp3) is 0.103. The third-order valence-corrected chi connectivity index (χ3v) is 6.11. The predicted molar refractivity (Wildman–Crippen MR) is 151 cm³/mol. The molecule has 0 spiro atoms. The molecule has 2 aromatic heterocycles. The van der Waals surface area contributed by atoms with Crippen LogP contribution in [-0.4, -0.2) is 35.5 Å². The van der Waals surface area contributed by atoms with E-state index < -0.39 is 5.91 Å². The number of fused-ring (bicyclic) bond motifs is 2. The Morgan fingerprint density at radius 2 is 2.03 bits per heavy atom. The first kappa shape index (κ1) is 25.7. The number of nitrogens with two attached hydrogens (primary N) is 1. The summed E-state index contributed by atoms with van der Waals surface area (Å²) in [6.07, 6.45) is 3.63. The monoisotopic (exact) mass is 542 g/mol. The molecule has 5 rings (SSSR count). The van der Waals surface area contributed by atoms with Gasteiger partial charge in [-0.1, -0.05) is 29.8 Å². The Morgan fingerprint density at radius 1 is 1.21 bits per heavy atom. The summed E-state index contributed by atoms with van der Waals surface area (Å²) in [4.78, 5) is 29.5. The van der Waals surface area contributed by atoms with Crippen molar-refractivity contribution in [3.8, 4) is 23.1 Å². The molecule has 0 aliphatic heterocycles. The largest absolute Gasteiger partial charge is 0.493 e. The maximum absolute atomic E-state index is 13.6. The molecule has 196 valence electrons. The number of nitrogens with zero attached hydrogens (tertiary/aromatic N) is 3. The van der Waals surface area contributed by atoms with Crippen LogP contribution in [0.15, 0.2) is 87.6 Å². The summed E-state index contributed by atoms with van der Waals surface area (Å²) in [6.45, 7) is 3.48. The summed E-state index contributed by atoms with van der Waals surface area (Å²) in [5.74, 6) is 0.708. The van der Waals surface area contributed by atoms with E-state index in [1.54, 1.807) is 66.7 Å². The van der Waals surface area contributed by atoms with Crippen LogP contribution in [0.2, 0.25) is 5.02 Å². The van der Waals surface area contributed by atoms with E-state index in [-0.39, 0.29) is 18.0 Å². The van der Waals surface area contributed by atoms with Gasteiger partial charge in [-0.25, -0.2) is 4.98 Å². The topological polar surface area (TPSA) is 122 Å². The Morgan fingerprint density at radius 3 is 2.79 bits per heavy atom. The molecule has 39 heavy (non-hydrogen) atoms. The lowest BCUT2D eigenvalue weighted by molar-refractivity contribution is -0.119. The molecule has 2 N–H and O–H groups in total. The smallest absolute Gasteiger partial charge is 0.282 e. The van der Waals surface area contributed by atoms with E-state index in [0.717, 1.165) is 5.39 Å². The number of methoxy groups -OCH3 is 1. The van der Waals surface area contributed by atoms with Crippen molar-refractivity contribution in [1.29, 1.82) is 0 Å². The number of ether oxygens (including phenoxy) is 2. The molecule has 0 saturated carbocycles. The van der Waals surface area contributed by atoms with E-state index >= 15 is 0 Å². The number of para-hydroxylation sites is 1. The van der Waals surface area contributed by atoms with Crippen molar-refractivity contribution < 1.29 is 18.7 Å². The SMILES string of the molecule is C=CCc1cc(C=Nn2c(-c3cc4cc(Cl)ccc4o3)nc3ccccc3c2=O)cc(OC)c1OCC(N)=O. The molecule has 0 bridgehead atoms. The summed E-state index contributed by atoms with van der Waals surface area (Å²) < 4.78 is 18.3. The average Bonchev–Trinajstić information content (AvgIpc) is 3.34. The highest BCUT2D eigenvalue weighted by atomic mass is 35.5. The van der Waals surface area contributed by atoms with Crippen LogP contribution in [0, 0.1) is 0 Å². The Labute approximate surface area is 227 Å². The molecule has 0 aliphatic carbocycles. The molecule has 2 heterocycles. The molecular weight excluding hydrogens is 520 g/mol. The minimum Gasteiger partial charge on any atom is -0.493 e. The molecule has 10 heteroatoms. The van der Waals surface area contributed by atoms with Crippen LogP contribution < -0.4 is 20.8 Å². The van der Waals surface area contributed by atoms with Crippen molar-refractivity contribution in [2.75, 3.05) is 13.7 Å². The summed E-state index contributed by atoms with van der Waals surface area (Å²) in [7, 11) is 1.48. The highest BCUT2D eigenvalue weighted by Gasteiger charge is 2.17. The van der Waals surface area contributed by atoms with E-state index in [1.165, 1.54) is 18.0 Å². The van der Waals surface area contributed by atoms with E-state index in [0.29, 0.717) is 56.3 Å². The maximum atomic E-state index is 13.6. The van der Waals surface area contributed by atoms with Gasteiger partial charge in [-0.3, -0.25) is 9.59 Å². The van der Waals surface area contributed by atoms with Crippen molar-refractivity contribution in [2.24, 2.45) is 10.8 Å². The van der Waals surface area contributed by atoms with E-state index in [1.807, 2.05) is 0 Å². The van der Waals surface area contributed by atoms with Gasteiger partial charge < -0.3 is 19.6 Å². The van der Waals surface area contributed by atoms with E-state index in [4.69, 9.17) is 36.2 Å². The molecule has 1 amide bonds. The summed E-state index contributed by atoms with van der Waals surface area (Å²) in [5.41, 5.74) is 7.29. The first-order valence-electron chi connectivity index (χ1n) is 11.9. The van der Waals surface area contributed by atoms with Gasteiger partial charge in [0.05, 0.1) is 24.2 Å². The Bertz CT molecular complexity index is 1820. The van der Waals surface area contributed by atoms with Crippen LogP contribution in [0.5, 0.6) is 11.5 Å². The number of hydrogen-bond acceptors (Lipinski definition) is 7. The third kappa shape index (κ3) is 5.25. The highest BCUT2D eigenvalue weighted by Crippen LogP contribution is 2.33. The predicted octanol–water partition coefficient (Wildman–Crippen LogP) is 4.95. The van der Waals surface area contributed by atoms with Gasteiger partial charge in [0.25, 0.3) is 11.5 Å². The molecule has 5 aromatic rings. The van der Waals surface area contributed by atoms with Gasteiger partial charge >= 0.3 is 0 Å². The lowest BCUT2D eigenvalue weighted by Crippen LogP contribution is -2.21. The van der Waals surface area contributed by atoms with Crippen LogP contribution in [0.1, 0.15) is 11.1 Å². The first-order chi connectivity index (χ1) is 18.9. The molecule has 0 unspecified atom stereocenters. The van der Waals surface area contributed by atoms with Gasteiger partial charge in [0.2, 0.25) is 5.82 Å². The number of rotatable bonds is 9. The number of hydrogen-bond donors (Lipinski definition) is 1. The van der Waals surface area contributed by atoms with Crippen LogP contribution in [0.25, 0.3) is 33.5 Å². The molecule has 0 aliphatic rings. The number of furan rings is 1. The zero-order valence-electron chi connectivity index (χ0n) is 20.9. The lowest BCUT2D eigenvalue weighted by Gasteiger charge is -2.15. The van der Waals surface area contributed by atoms with Crippen LogP contribution in [0.4, 0.5) is 0 Å². The van der Waals surface area contributed by atoms with Crippen molar-refractivity contribution in [3.63, 3.8) is 0 Å². The Kier molecular flexibility index (Phi) is 7.16. The normalized spacial score (nSPS) is 11.3. The zero-order valence-corrected chi connectivity index (χ0v) is 21.6. The minimum atomic E-state index is -0.615. The summed E-state index contributed by atoms with van der Waals surface area (Å²) in [6, 6.07) is 17.5. The minimum absolute atomic E-state index is 0.224. The number of amides is 1. The number of carbonyl (C=O) groups excluding carboxylic acids is 1. The van der Waals surface area contributed by atoms with E-state index in [2.05, 4.69) is 11.7 Å². The summed E-state index contributed by atoms with van der Waals surface area (Å²) in [5, 5.41) is 6.23.